The lowest BCUT2D eigenvalue weighted by atomic mass is 10.1. The van der Waals surface area contributed by atoms with Crippen LogP contribution in [0.2, 0.25) is 0 Å². The van der Waals surface area contributed by atoms with Crippen LogP contribution in [0.3, 0.4) is 0 Å². The first-order valence-electron chi connectivity index (χ1n) is 10.6. The van der Waals surface area contributed by atoms with Crippen molar-refractivity contribution in [2.75, 3.05) is 61.7 Å². The van der Waals surface area contributed by atoms with Crippen molar-refractivity contribution in [1.82, 2.24) is 20.1 Å². The number of pyridine rings is 1. The summed E-state index contributed by atoms with van der Waals surface area (Å²) in [4.78, 5) is 13.4. The summed E-state index contributed by atoms with van der Waals surface area (Å²) in [5.41, 5.74) is 2.12. The van der Waals surface area contributed by atoms with Crippen molar-refractivity contribution in [1.29, 1.82) is 0 Å². The molecule has 1 saturated heterocycles. The van der Waals surface area contributed by atoms with Gasteiger partial charge in [-0.05, 0) is 23.8 Å². The number of ether oxygens (including phenoxy) is 4. The quantitative estimate of drug-likeness (QED) is 0.490. The zero-order chi connectivity index (χ0) is 22.9. The molecule has 9 heteroatoms. The molecule has 174 valence electrons. The summed E-state index contributed by atoms with van der Waals surface area (Å²) in [6.45, 7) is 5.03. The number of rotatable bonds is 8. The van der Waals surface area contributed by atoms with Crippen LogP contribution in [-0.2, 0) is 13.1 Å². The molecule has 1 aromatic heterocycles. The van der Waals surface area contributed by atoms with Crippen LogP contribution in [0.5, 0.6) is 23.1 Å². The highest BCUT2D eigenvalue weighted by atomic mass is 16.5. The maximum atomic E-state index is 5.48. The number of hydrogen-bond acceptors (Lipinski definition) is 7. The average Bonchev–Trinajstić information content (AvgIpc) is 2.84. The van der Waals surface area contributed by atoms with Gasteiger partial charge in [-0.15, -0.1) is 0 Å². The second-order valence-corrected chi connectivity index (χ2v) is 7.37. The van der Waals surface area contributed by atoms with E-state index in [1.807, 2.05) is 31.3 Å². The van der Waals surface area contributed by atoms with Crippen molar-refractivity contribution in [2.45, 2.75) is 13.1 Å². The average molecular weight is 444 g/mol. The summed E-state index contributed by atoms with van der Waals surface area (Å²) in [6, 6.07) is 7.93. The molecular weight excluding hydrogens is 410 g/mol. The molecule has 0 aliphatic carbocycles. The van der Waals surface area contributed by atoms with E-state index < -0.39 is 0 Å². The van der Waals surface area contributed by atoms with Crippen molar-refractivity contribution in [3.05, 3.63) is 41.6 Å². The van der Waals surface area contributed by atoms with Crippen LogP contribution >= 0.6 is 0 Å². The van der Waals surface area contributed by atoms with Crippen LogP contribution in [0.25, 0.3) is 0 Å². The zero-order valence-electron chi connectivity index (χ0n) is 19.6. The smallest absolute Gasteiger partial charge is 0.218 e. The number of methoxy groups -OCH3 is 4. The maximum absolute atomic E-state index is 5.48. The van der Waals surface area contributed by atoms with Crippen LogP contribution in [0.15, 0.2) is 35.5 Å². The Labute approximate surface area is 190 Å². The van der Waals surface area contributed by atoms with Gasteiger partial charge in [0.15, 0.2) is 17.5 Å². The molecule has 0 radical (unpaired) electrons. The monoisotopic (exact) mass is 443 g/mol. The lowest BCUT2D eigenvalue weighted by Gasteiger charge is -2.36. The number of hydrogen-bond donors (Lipinski definition) is 1. The molecule has 1 fully saturated rings. The van der Waals surface area contributed by atoms with Crippen LogP contribution in [0, 0.1) is 0 Å². The number of aliphatic imine (C=N–C) groups is 1. The topological polar surface area (TPSA) is 80.7 Å². The Bertz CT molecular complexity index is 888. The van der Waals surface area contributed by atoms with E-state index >= 15 is 0 Å². The van der Waals surface area contributed by atoms with Gasteiger partial charge in [0, 0.05) is 58.1 Å². The molecule has 32 heavy (non-hydrogen) atoms. The molecule has 0 bridgehead atoms. The minimum absolute atomic E-state index is 0.606. The molecule has 1 N–H and O–H groups in total. The van der Waals surface area contributed by atoms with Gasteiger partial charge in [0.05, 0.1) is 28.4 Å². The molecule has 0 spiro atoms. The van der Waals surface area contributed by atoms with E-state index in [1.54, 1.807) is 34.6 Å². The highest BCUT2D eigenvalue weighted by Crippen LogP contribution is 2.38. The van der Waals surface area contributed by atoms with Crippen molar-refractivity contribution in [3.63, 3.8) is 0 Å². The van der Waals surface area contributed by atoms with Gasteiger partial charge in [0.2, 0.25) is 11.6 Å². The van der Waals surface area contributed by atoms with E-state index in [0.29, 0.717) is 29.7 Å². The summed E-state index contributed by atoms with van der Waals surface area (Å²) in [7, 11) is 8.34. The van der Waals surface area contributed by atoms with E-state index in [2.05, 4.69) is 25.1 Å². The molecule has 0 amide bonds. The van der Waals surface area contributed by atoms with Crippen LogP contribution < -0.4 is 24.3 Å². The molecule has 0 unspecified atom stereocenters. The summed E-state index contributed by atoms with van der Waals surface area (Å²) in [5.74, 6) is 3.48. The maximum Gasteiger partial charge on any atom is 0.218 e. The Morgan fingerprint density at radius 1 is 1.00 bits per heavy atom. The standard InChI is InChI=1S/C23H33N5O4/c1-24-23(26-15-18-7-6-8-25-22(18)32-5)28-11-9-27(10-12-28)16-17-13-19(29-2)21(31-4)20(14-17)30-3/h6-8,13-14H,9-12,15-16H2,1-5H3,(H,24,26). The van der Waals surface area contributed by atoms with Crippen molar-refractivity contribution >= 4 is 5.96 Å². The molecule has 2 heterocycles. The molecule has 2 aromatic rings. The van der Waals surface area contributed by atoms with E-state index in [4.69, 9.17) is 18.9 Å². The fraction of sp³-hybridized carbons (Fsp3) is 0.478. The first-order valence-corrected chi connectivity index (χ1v) is 10.6. The van der Waals surface area contributed by atoms with E-state index in [-0.39, 0.29) is 0 Å². The third kappa shape index (κ3) is 5.53. The SMILES string of the molecule is CN=C(NCc1cccnc1OC)N1CCN(Cc2cc(OC)c(OC)c(OC)c2)CC1. The minimum atomic E-state index is 0.606. The molecule has 1 aromatic carbocycles. The van der Waals surface area contributed by atoms with Gasteiger partial charge in [-0.2, -0.15) is 0 Å². The predicted octanol–water partition coefficient (Wildman–Crippen LogP) is 2.01. The Hall–Kier alpha value is -3.20. The number of nitrogens with one attached hydrogen (secondary N) is 1. The van der Waals surface area contributed by atoms with Gasteiger partial charge in [-0.3, -0.25) is 9.89 Å². The van der Waals surface area contributed by atoms with Crippen molar-refractivity contribution in [3.8, 4) is 23.1 Å². The van der Waals surface area contributed by atoms with E-state index in [1.165, 1.54) is 0 Å². The summed E-state index contributed by atoms with van der Waals surface area (Å²) < 4.78 is 21.7. The van der Waals surface area contributed by atoms with Crippen molar-refractivity contribution in [2.24, 2.45) is 4.99 Å². The predicted molar refractivity (Wildman–Crippen MR) is 124 cm³/mol. The lowest BCUT2D eigenvalue weighted by Crippen LogP contribution is -2.52. The zero-order valence-corrected chi connectivity index (χ0v) is 19.6. The molecule has 9 nitrogen and oxygen atoms in total. The van der Waals surface area contributed by atoms with Gasteiger partial charge in [0.25, 0.3) is 0 Å². The largest absolute Gasteiger partial charge is 0.493 e. The number of guanidine groups is 1. The van der Waals surface area contributed by atoms with Gasteiger partial charge in [-0.1, -0.05) is 6.07 Å². The molecule has 1 aliphatic heterocycles. The first-order chi connectivity index (χ1) is 15.6. The minimum Gasteiger partial charge on any atom is -0.493 e. The molecule has 3 rings (SSSR count). The molecule has 1 aliphatic rings. The third-order valence-electron chi connectivity index (χ3n) is 5.49. The number of aromatic nitrogens is 1. The Morgan fingerprint density at radius 3 is 2.25 bits per heavy atom. The second-order valence-electron chi connectivity index (χ2n) is 7.37. The summed E-state index contributed by atoms with van der Waals surface area (Å²) >= 11 is 0. The van der Waals surface area contributed by atoms with Crippen LogP contribution in [0.4, 0.5) is 0 Å². The molecule has 0 atom stereocenters. The highest BCUT2D eigenvalue weighted by Gasteiger charge is 2.21. The normalized spacial score (nSPS) is 14.8. The fourth-order valence-corrected chi connectivity index (χ4v) is 3.85. The van der Waals surface area contributed by atoms with Crippen LogP contribution in [-0.4, -0.2) is 82.4 Å². The number of benzene rings is 1. The number of piperazine rings is 1. The summed E-state index contributed by atoms with van der Waals surface area (Å²) in [6.07, 6.45) is 1.73. The van der Waals surface area contributed by atoms with Gasteiger partial charge >= 0.3 is 0 Å². The van der Waals surface area contributed by atoms with Gasteiger partial charge in [0.1, 0.15) is 0 Å². The number of nitrogens with zero attached hydrogens (tertiary/aromatic N) is 4. The van der Waals surface area contributed by atoms with Crippen LogP contribution in [0.1, 0.15) is 11.1 Å². The van der Waals surface area contributed by atoms with Crippen molar-refractivity contribution < 1.29 is 18.9 Å². The second kappa shape index (κ2) is 11.4. The lowest BCUT2D eigenvalue weighted by molar-refractivity contribution is 0.172. The summed E-state index contributed by atoms with van der Waals surface area (Å²) in [5, 5.41) is 3.43. The highest BCUT2D eigenvalue weighted by molar-refractivity contribution is 5.80. The molecule has 0 saturated carbocycles. The first kappa shape index (κ1) is 23.5. The molecular formula is C23H33N5O4. The third-order valence-corrected chi connectivity index (χ3v) is 5.49. The Balaban J connectivity index is 1.57. The fourth-order valence-electron chi connectivity index (χ4n) is 3.85. The van der Waals surface area contributed by atoms with E-state index in [9.17, 15) is 0 Å². The Morgan fingerprint density at radius 2 is 1.69 bits per heavy atom. The van der Waals surface area contributed by atoms with Gasteiger partial charge in [-0.25, -0.2) is 4.98 Å². The van der Waals surface area contributed by atoms with Gasteiger partial charge < -0.3 is 29.2 Å². The van der Waals surface area contributed by atoms with E-state index in [0.717, 1.165) is 49.8 Å². The Kier molecular flexibility index (Phi) is 8.38.